The molecule has 0 bridgehead atoms. The van der Waals surface area contributed by atoms with Gasteiger partial charge in [-0.1, -0.05) is 11.8 Å². The molecule has 0 heterocycles. The van der Waals surface area contributed by atoms with Gasteiger partial charge in [-0.25, -0.2) is 8.78 Å². The highest BCUT2D eigenvalue weighted by Gasteiger charge is 2.23. The predicted octanol–water partition coefficient (Wildman–Crippen LogP) is 1.90. The van der Waals surface area contributed by atoms with Crippen molar-refractivity contribution in [1.29, 1.82) is 5.26 Å². The van der Waals surface area contributed by atoms with Gasteiger partial charge in [0.25, 0.3) is 0 Å². The first-order valence-corrected chi connectivity index (χ1v) is 6.74. The smallest absolute Gasteiger partial charge is 0.185 e. The Morgan fingerprint density at radius 3 is 2.60 bits per heavy atom. The largest absolute Gasteiger partial charge is 0.390 e. The number of rotatable bonds is 5. The van der Waals surface area contributed by atoms with Crippen LogP contribution in [0.5, 0.6) is 0 Å². The SMILES string of the molecule is CC(=O)SCCC(O)C(O)c1cc(F)c(C#N)cc1F. The maximum Gasteiger partial charge on any atom is 0.185 e. The van der Waals surface area contributed by atoms with Gasteiger partial charge in [0.2, 0.25) is 0 Å². The summed E-state index contributed by atoms with van der Waals surface area (Å²) >= 11 is 0.965. The van der Waals surface area contributed by atoms with Crippen LogP contribution in [0.2, 0.25) is 0 Å². The third kappa shape index (κ3) is 4.27. The van der Waals surface area contributed by atoms with E-state index in [1.165, 1.54) is 13.0 Å². The van der Waals surface area contributed by atoms with Crippen molar-refractivity contribution in [1.82, 2.24) is 0 Å². The highest BCUT2D eigenvalue weighted by Crippen LogP contribution is 2.25. The van der Waals surface area contributed by atoms with Crippen molar-refractivity contribution in [2.45, 2.75) is 25.6 Å². The van der Waals surface area contributed by atoms with Crippen LogP contribution in [-0.4, -0.2) is 27.2 Å². The van der Waals surface area contributed by atoms with Crippen LogP contribution in [0.4, 0.5) is 8.78 Å². The molecule has 0 fully saturated rings. The van der Waals surface area contributed by atoms with Crippen LogP contribution in [0.1, 0.15) is 30.6 Å². The van der Waals surface area contributed by atoms with Crippen LogP contribution in [0, 0.1) is 23.0 Å². The van der Waals surface area contributed by atoms with Gasteiger partial charge in [0.1, 0.15) is 23.8 Å². The van der Waals surface area contributed by atoms with Gasteiger partial charge < -0.3 is 10.2 Å². The highest BCUT2D eigenvalue weighted by molar-refractivity contribution is 8.13. The number of hydrogen-bond donors (Lipinski definition) is 2. The van der Waals surface area contributed by atoms with Crippen LogP contribution in [0.3, 0.4) is 0 Å². The molecule has 0 radical (unpaired) electrons. The third-order valence-electron chi connectivity index (χ3n) is 2.61. The molecule has 0 spiro atoms. The molecule has 0 aromatic heterocycles. The van der Waals surface area contributed by atoms with Gasteiger partial charge in [-0.05, 0) is 18.6 Å². The molecule has 108 valence electrons. The van der Waals surface area contributed by atoms with Gasteiger partial charge in [0.15, 0.2) is 5.12 Å². The van der Waals surface area contributed by atoms with Gasteiger partial charge in [-0.3, -0.25) is 4.79 Å². The van der Waals surface area contributed by atoms with Crippen molar-refractivity contribution in [3.8, 4) is 6.07 Å². The van der Waals surface area contributed by atoms with Crippen molar-refractivity contribution in [2.24, 2.45) is 0 Å². The van der Waals surface area contributed by atoms with Crippen molar-refractivity contribution >= 4 is 16.9 Å². The summed E-state index contributed by atoms with van der Waals surface area (Å²) in [4.78, 5) is 10.7. The summed E-state index contributed by atoms with van der Waals surface area (Å²) in [5.41, 5.74) is -0.887. The van der Waals surface area contributed by atoms with E-state index in [1.54, 1.807) is 0 Å². The average Bonchev–Trinajstić information content (AvgIpc) is 2.39. The summed E-state index contributed by atoms with van der Waals surface area (Å²) in [6.45, 7) is 1.36. The molecule has 2 unspecified atom stereocenters. The number of nitrogens with zero attached hydrogens (tertiary/aromatic N) is 1. The number of hydrogen-bond acceptors (Lipinski definition) is 5. The fourth-order valence-electron chi connectivity index (χ4n) is 1.56. The van der Waals surface area contributed by atoms with Gasteiger partial charge in [0, 0.05) is 18.2 Å². The Morgan fingerprint density at radius 2 is 2.05 bits per heavy atom. The van der Waals surface area contributed by atoms with E-state index in [2.05, 4.69) is 0 Å². The molecule has 4 nitrogen and oxygen atoms in total. The molecule has 20 heavy (non-hydrogen) atoms. The lowest BCUT2D eigenvalue weighted by molar-refractivity contribution is -0.109. The van der Waals surface area contributed by atoms with E-state index in [1.807, 2.05) is 0 Å². The Bertz CT molecular complexity index is 545. The van der Waals surface area contributed by atoms with Crippen LogP contribution in [0.15, 0.2) is 12.1 Å². The monoisotopic (exact) mass is 301 g/mol. The summed E-state index contributed by atoms with van der Waals surface area (Å²) in [6, 6.07) is 2.84. The number of nitriles is 1. The minimum atomic E-state index is -1.62. The second kappa shape index (κ2) is 7.33. The van der Waals surface area contributed by atoms with Gasteiger partial charge in [0.05, 0.1) is 11.7 Å². The van der Waals surface area contributed by atoms with Crippen molar-refractivity contribution in [2.75, 3.05) is 5.75 Å². The summed E-state index contributed by atoms with van der Waals surface area (Å²) < 4.78 is 27.0. The topological polar surface area (TPSA) is 81.3 Å². The minimum Gasteiger partial charge on any atom is -0.390 e. The predicted molar refractivity (Wildman–Crippen MR) is 69.8 cm³/mol. The van der Waals surface area contributed by atoms with Crippen molar-refractivity contribution in [3.63, 3.8) is 0 Å². The summed E-state index contributed by atoms with van der Waals surface area (Å²) in [7, 11) is 0. The fraction of sp³-hybridized carbons (Fsp3) is 0.385. The summed E-state index contributed by atoms with van der Waals surface area (Å²) in [6.07, 6.45) is -2.90. The molecule has 0 aliphatic heterocycles. The van der Waals surface area contributed by atoms with E-state index in [4.69, 9.17) is 5.26 Å². The van der Waals surface area contributed by atoms with Crippen LogP contribution >= 0.6 is 11.8 Å². The summed E-state index contributed by atoms with van der Waals surface area (Å²) in [5.74, 6) is -1.67. The highest BCUT2D eigenvalue weighted by atomic mass is 32.2. The number of carbonyl (C=O) groups is 1. The second-order valence-electron chi connectivity index (χ2n) is 4.11. The first-order valence-electron chi connectivity index (χ1n) is 5.75. The maximum absolute atomic E-state index is 13.6. The molecule has 0 amide bonds. The summed E-state index contributed by atoms with van der Waals surface area (Å²) in [5, 5.41) is 27.9. The number of benzene rings is 1. The first kappa shape index (κ1) is 16.6. The van der Waals surface area contributed by atoms with E-state index < -0.39 is 35.0 Å². The van der Waals surface area contributed by atoms with E-state index >= 15 is 0 Å². The Labute approximate surface area is 119 Å². The standard InChI is InChI=1S/C13H13F2NO3S/c1-7(17)20-3-2-12(18)13(19)9-5-10(14)8(6-16)4-11(9)15/h4-5,12-13,18-19H,2-3H2,1H3. The molecule has 2 atom stereocenters. The zero-order valence-corrected chi connectivity index (χ0v) is 11.5. The first-order chi connectivity index (χ1) is 9.36. The molecule has 0 saturated carbocycles. The maximum atomic E-state index is 13.6. The lowest BCUT2D eigenvalue weighted by Crippen LogP contribution is -2.20. The Balaban J connectivity index is 2.81. The molecule has 0 aliphatic rings. The molecule has 1 rings (SSSR count). The van der Waals surface area contributed by atoms with Gasteiger partial charge in [-0.2, -0.15) is 5.26 Å². The zero-order chi connectivity index (χ0) is 15.3. The Morgan fingerprint density at radius 1 is 1.40 bits per heavy atom. The quantitative estimate of drug-likeness (QED) is 0.868. The zero-order valence-electron chi connectivity index (χ0n) is 10.6. The Hall–Kier alpha value is -1.49. The number of aliphatic hydroxyl groups is 2. The minimum absolute atomic E-state index is 0.0481. The molecule has 2 N–H and O–H groups in total. The van der Waals surface area contributed by atoms with E-state index in [0.717, 1.165) is 11.8 Å². The fourth-order valence-corrected chi connectivity index (χ4v) is 2.21. The number of thioether (sulfide) groups is 1. The molecule has 7 heteroatoms. The second-order valence-corrected chi connectivity index (χ2v) is 5.38. The molecule has 0 aliphatic carbocycles. The normalized spacial score (nSPS) is 13.6. The molecule has 0 saturated heterocycles. The van der Waals surface area contributed by atoms with E-state index in [-0.39, 0.29) is 17.3 Å². The van der Waals surface area contributed by atoms with Crippen molar-refractivity contribution < 1.29 is 23.8 Å². The Kier molecular flexibility index (Phi) is 6.07. The molecule has 1 aromatic carbocycles. The van der Waals surface area contributed by atoms with Crippen LogP contribution < -0.4 is 0 Å². The number of halogens is 2. The third-order valence-corrected chi connectivity index (χ3v) is 3.46. The lowest BCUT2D eigenvalue weighted by atomic mass is 10.0. The number of carbonyl (C=O) groups excluding carboxylic acids is 1. The number of aliphatic hydroxyl groups excluding tert-OH is 2. The van der Waals surface area contributed by atoms with E-state index in [9.17, 15) is 23.8 Å². The average molecular weight is 301 g/mol. The van der Waals surface area contributed by atoms with Crippen LogP contribution in [-0.2, 0) is 4.79 Å². The molecule has 1 aromatic rings. The molecular formula is C13H13F2NO3S. The lowest BCUT2D eigenvalue weighted by Gasteiger charge is -2.18. The van der Waals surface area contributed by atoms with Gasteiger partial charge in [-0.15, -0.1) is 0 Å². The van der Waals surface area contributed by atoms with Crippen LogP contribution in [0.25, 0.3) is 0 Å². The van der Waals surface area contributed by atoms with Gasteiger partial charge >= 0.3 is 0 Å². The molecular weight excluding hydrogens is 288 g/mol. The van der Waals surface area contributed by atoms with Crippen molar-refractivity contribution in [3.05, 3.63) is 34.9 Å². The van der Waals surface area contributed by atoms with E-state index in [0.29, 0.717) is 12.1 Å².